The maximum absolute atomic E-state index is 6.01. The number of nitrogens with two attached hydrogens (primary N) is 1. The van der Waals surface area contributed by atoms with E-state index in [1.165, 1.54) is 25.9 Å². The molecule has 0 atom stereocenters. The Morgan fingerprint density at radius 3 is 2.73 bits per heavy atom. The molecule has 4 rings (SSSR count). The second-order valence-corrected chi connectivity index (χ2v) is 8.06. The van der Waals surface area contributed by atoms with Crippen LogP contribution in [0.3, 0.4) is 0 Å². The third-order valence-corrected chi connectivity index (χ3v) is 5.58. The lowest BCUT2D eigenvalue weighted by molar-refractivity contribution is 0.144. The van der Waals surface area contributed by atoms with Crippen LogP contribution in [0.25, 0.3) is 11.3 Å². The van der Waals surface area contributed by atoms with Crippen LogP contribution < -0.4 is 15.2 Å². The van der Waals surface area contributed by atoms with Gasteiger partial charge in [0.15, 0.2) is 0 Å². The first-order chi connectivity index (χ1) is 16.3. The van der Waals surface area contributed by atoms with Gasteiger partial charge in [0.2, 0.25) is 0 Å². The van der Waals surface area contributed by atoms with Gasteiger partial charge in [0.05, 0.1) is 18.9 Å². The van der Waals surface area contributed by atoms with Crippen LogP contribution >= 0.6 is 0 Å². The average molecular weight is 449 g/mol. The molecular formula is C26H32N4O3. The standard InChI is InChI=1S/C26H32N4O3/c27-23-8-9-26(33-17-14-30-12-1-2-13-30)22(18-23)20-31-15-3-4-16-32-24-7-5-6-21(19-24)25-10-11-28-29-25/h3-11,18-19H,1-2,12-17,20,27H2,(H,28,29)/b4-3+. The van der Waals surface area contributed by atoms with Crippen molar-refractivity contribution < 1.29 is 14.2 Å². The van der Waals surface area contributed by atoms with Crippen LogP contribution in [0, 0.1) is 0 Å². The zero-order valence-electron chi connectivity index (χ0n) is 18.9. The number of aromatic nitrogens is 2. The molecule has 0 saturated carbocycles. The fraction of sp³-hybridized carbons (Fsp3) is 0.346. The Morgan fingerprint density at radius 2 is 1.88 bits per heavy atom. The van der Waals surface area contributed by atoms with Crippen LogP contribution in [-0.4, -0.2) is 54.6 Å². The molecule has 0 aliphatic carbocycles. The van der Waals surface area contributed by atoms with Gasteiger partial charge < -0.3 is 19.9 Å². The molecule has 0 amide bonds. The van der Waals surface area contributed by atoms with E-state index in [9.17, 15) is 0 Å². The summed E-state index contributed by atoms with van der Waals surface area (Å²) in [4.78, 5) is 2.44. The molecule has 0 unspecified atom stereocenters. The Balaban J connectivity index is 1.18. The van der Waals surface area contributed by atoms with Crippen LogP contribution in [0.15, 0.2) is 66.9 Å². The minimum absolute atomic E-state index is 0.446. The molecule has 33 heavy (non-hydrogen) atoms. The van der Waals surface area contributed by atoms with Crippen molar-refractivity contribution in [3.8, 4) is 22.8 Å². The summed E-state index contributed by atoms with van der Waals surface area (Å²) < 4.78 is 17.6. The number of anilines is 1. The maximum atomic E-state index is 6.01. The number of hydrogen-bond donors (Lipinski definition) is 2. The van der Waals surface area contributed by atoms with Gasteiger partial charge in [-0.1, -0.05) is 18.2 Å². The fourth-order valence-electron chi connectivity index (χ4n) is 3.83. The first kappa shape index (κ1) is 22.9. The summed E-state index contributed by atoms with van der Waals surface area (Å²) in [7, 11) is 0. The minimum Gasteiger partial charge on any atom is -0.492 e. The molecule has 7 nitrogen and oxygen atoms in total. The monoisotopic (exact) mass is 448 g/mol. The Bertz CT molecular complexity index is 1010. The van der Waals surface area contributed by atoms with Crippen molar-refractivity contribution in [3.05, 3.63) is 72.4 Å². The molecule has 3 N–H and O–H groups in total. The van der Waals surface area contributed by atoms with Crippen molar-refractivity contribution in [2.24, 2.45) is 0 Å². The highest BCUT2D eigenvalue weighted by atomic mass is 16.5. The number of hydrogen-bond acceptors (Lipinski definition) is 6. The Kier molecular flexibility index (Phi) is 8.38. The van der Waals surface area contributed by atoms with Gasteiger partial charge in [0.25, 0.3) is 0 Å². The van der Waals surface area contributed by atoms with Gasteiger partial charge in [0.1, 0.15) is 24.7 Å². The van der Waals surface area contributed by atoms with E-state index in [1.54, 1.807) is 6.20 Å². The van der Waals surface area contributed by atoms with Gasteiger partial charge in [-0.2, -0.15) is 5.10 Å². The highest BCUT2D eigenvalue weighted by molar-refractivity contribution is 5.60. The second kappa shape index (κ2) is 12.1. The van der Waals surface area contributed by atoms with Gasteiger partial charge in [-0.15, -0.1) is 0 Å². The number of H-pyrrole nitrogens is 1. The topological polar surface area (TPSA) is 85.6 Å². The van der Waals surface area contributed by atoms with Crippen LogP contribution in [-0.2, 0) is 11.3 Å². The number of nitrogens with zero attached hydrogens (tertiary/aromatic N) is 2. The number of aromatic amines is 1. The number of ether oxygens (including phenoxy) is 3. The Hall–Kier alpha value is -3.29. The third-order valence-electron chi connectivity index (χ3n) is 5.58. The number of rotatable bonds is 12. The van der Waals surface area contributed by atoms with Crippen molar-refractivity contribution >= 4 is 5.69 Å². The van der Waals surface area contributed by atoms with Crippen molar-refractivity contribution in [1.29, 1.82) is 0 Å². The van der Waals surface area contributed by atoms with Crippen LogP contribution in [0.2, 0.25) is 0 Å². The summed E-state index contributed by atoms with van der Waals surface area (Å²) in [5, 5.41) is 6.95. The van der Waals surface area contributed by atoms with Crippen LogP contribution in [0.4, 0.5) is 5.69 Å². The van der Waals surface area contributed by atoms with Crippen LogP contribution in [0.5, 0.6) is 11.5 Å². The Labute approximate surface area is 195 Å². The predicted octanol–water partition coefficient (Wildman–Crippen LogP) is 4.29. The quantitative estimate of drug-likeness (QED) is 0.244. The van der Waals surface area contributed by atoms with E-state index in [-0.39, 0.29) is 0 Å². The van der Waals surface area contributed by atoms with Crippen molar-refractivity contribution in [2.45, 2.75) is 19.4 Å². The molecule has 2 aromatic carbocycles. The lowest BCUT2D eigenvalue weighted by atomic mass is 10.1. The number of nitrogen functional groups attached to an aromatic ring is 1. The van der Waals surface area contributed by atoms with Crippen molar-refractivity contribution in [2.75, 3.05) is 45.2 Å². The highest BCUT2D eigenvalue weighted by Crippen LogP contribution is 2.23. The molecule has 1 aliphatic heterocycles. The number of benzene rings is 2. The average Bonchev–Trinajstić information content (AvgIpc) is 3.55. The summed E-state index contributed by atoms with van der Waals surface area (Å²) in [5.74, 6) is 1.65. The molecule has 1 aliphatic rings. The lowest BCUT2D eigenvalue weighted by Gasteiger charge is -2.17. The van der Waals surface area contributed by atoms with E-state index < -0.39 is 0 Å². The molecule has 3 aromatic rings. The molecule has 174 valence electrons. The van der Waals surface area contributed by atoms with Gasteiger partial charge in [-0.05, 0) is 68.4 Å². The normalized spacial score (nSPS) is 14.2. The first-order valence-electron chi connectivity index (χ1n) is 11.5. The molecule has 1 saturated heterocycles. The highest BCUT2D eigenvalue weighted by Gasteiger charge is 2.11. The van der Waals surface area contributed by atoms with E-state index in [2.05, 4.69) is 15.1 Å². The predicted molar refractivity (Wildman–Crippen MR) is 130 cm³/mol. The van der Waals surface area contributed by atoms with Crippen molar-refractivity contribution in [3.63, 3.8) is 0 Å². The maximum Gasteiger partial charge on any atom is 0.125 e. The van der Waals surface area contributed by atoms with Gasteiger partial charge in [0, 0.05) is 29.6 Å². The molecule has 0 radical (unpaired) electrons. The first-order valence-corrected chi connectivity index (χ1v) is 11.5. The second-order valence-electron chi connectivity index (χ2n) is 8.06. The smallest absolute Gasteiger partial charge is 0.125 e. The summed E-state index contributed by atoms with van der Waals surface area (Å²) in [6.07, 6.45) is 8.22. The molecular weight excluding hydrogens is 416 g/mol. The van der Waals surface area contributed by atoms with E-state index >= 15 is 0 Å². The third kappa shape index (κ3) is 7.10. The van der Waals surface area contributed by atoms with E-state index in [1.807, 2.05) is 60.7 Å². The lowest BCUT2D eigenvalue weighted by Crippen LogP contribution is -2.25. The SMILES string of the molecule is Nc1ccc(OCCN2CCCC2)c(COC/C=C/COc2cccc(-c3ccn[nH]3)c2)c1. The molecule has 0 bridgehead atoms. The van der Waals surface area contributed by atoms with E-state index in [4.69, 9.17) is 19.9 Å². The number of nitrogens with one attached hydrogen (secondary N) is 1. The zero-order valence-corrected chi connectivity index (χ0v) is 18.9. The summed E-state index contributed by atoms with van der Waals surface area (Å²) in [6.45, 7) is 5.38. The molecule has 2 heterocycles. The van der Waals surface area contributed by atoms with E-state index in [0.717, 1.165) is 34.9 Å². The molecule has 0 spiro atoms. The van der Waals surface area contributed by atoms with Gasteiger partial charge >= 0.3 is 0 Å². The summed E-state index contributed by atoms with van der Waals surface area (Å²) in [5.41, 5.74) is 9.65. The molecule has 1 fully saturated rings. The molecule has 1 aromatic heterocycles. The van der Waals surface area contributed by atoms with Crippen molar-refractivity contribution in [1.82, 2.24) is 15.1 Å². The van der Waals surface area contributed by atoms with Gasteiger partial charge in [-0.25, -0.2) is 0 Å². The zero-order chi connectivity index (χ0) is 22.7. The largest absolute Gasteiger partial charge is 0.492 e. The Morgan fingerprint density at radius 1 is 1.00 bits per heavy atom. The summed E-state index contributed by atoms with van der Waals surface area (Å²) in [6, 6.07) is 15.6. The number of likely N-dealkylation sites (tertiary alicyclic amines) is 1. The van der Waals surface area contributed by atoms with E-state index in [0.29, 0.717) is 32.1 Å². The summed E-state index contributed by atoms with van der Waals surface area (Å²) >= 11 is 0. The van der Waals surface area contributed by atoms with Crippen LogP contribution in [0.1, 0.15) is 18.4 Å². The minimum atomic E-state index is 0.446. The fourth-order valence-corrected chi connectivity index (χ4v) is 3.83. The van der Waals surface area contributed by atoms with Gasteiger partial charge in [-0.3, -0.25) is 10.00 Å². The molecule has 7 heteroatoms.